The first kappa shape index (κ1) is 94.3. The maximum atomic E-state index is 14.2. The number of alkyl carbamates (subject to hydrolysis) is 2. The molecule has 0 radical (unpaired) electrons. The number of nitrogens with one attached hydrogen (secondary N) is 2. The number of nitrogens with zero attached hydrogens (tertiary/aromatic N) is 4. The normalized spacial score (nSPS) is 30.6. The number of hydrogen-bond acceptors (Lipinski definition) is 23. The van der Waals surface area contributed by atoms with Crippen molar-refractivity contribution in [1.82, 2.24) is 20.4 Å². The van der Waals surface area contributed by atoms with Gasteiger partial charge in [-0.05, 0) is 123 Å². The summed E-state index contributed by atoms with van der Waals surface area (Å²) in [7, 11) is 15.4. The Balaban J connectivity index is 0.000000387. The van der Waals surface area contributed by atoms with Crippen LogP contribution in [0.3, 0.4) is 0 Å². The molecule has 8 rings (SSSR count). The van der Waals surface area contributed by atoms with Crippen LogP contribution in [0.25, 0.3) is 0 Å². The lowest BCUT2D eigenvalue weighted by molar-refractivity contribution is -0.162. The van der Waals surface area contributed by atoms with Crippen molar-refractivity contribution < 1.29 is 95.9 Å². The first-order valence-electron chi connectivity index (χ1n) is 36.0. The Hall–Kier alpha value is -6.25. The van der Waals surface area contributed by atoms with Gasteiger partial charge in [0.05, 0.1) is 50.6 Å². The van der Waals surface area contributed by atoms with E-state index in [4.69, 9.17) is 70.6 Å². The topological polar surface area (TPSA) is 313 Å². The van der Waals surface area contributed by atoms with Gasteiger partial charge in [-0.15, -0.1) is 0 Å². The lowest BCUT2D eigenvalue weighted by Crippen LogP contribution is -2.63. The van der Waals surface area contributed by atoms with Crippen molar-refractivity contribution in [3.05, 3.63) is 93.0 Å². The largest absolute Gasteiger partial charge is 0.495 e. The number of allylic oxidation sites excluding steroid dienone is 6. The number of likely N-dealkylation sites (N-methyl/N-ethyl adjacent to an activating group) is 2. The fraction of sp³-hybridized carbons (Fsp3) is 0.646. The van der Waals surface area contributed by atoms with Gasteiger partial charge in [-0.2, -0.15) is 12.6 Å². The third-order valence-electron chi connectivity index (χ3n) is 21.2. The van der Waals surface area contributed by atoms with Crippen LogP contribution >= 0.6 is 57.4 Å². The van der Waals surface area contributed by atoms with Crippen LogP contribution in [-0.4, -0.2) is 224 Å². The molecule has 8 bridgehead atoms. The molecule has 2 unspecified atom stereocenters. The minimum atomic E-state index is -1.83. The molecule has 0 aliphatic carbocycles. The summed E-state index contributed by atoms with van der Waals surface area (Å²) < 4.78 is 58.0. The highest BCUT2D eigenvalue weighted by atomic mass is 35.5. The number of esters is 2. The van der Waals surface area contributed by atoms with E-state index in [9.17, 15) is 48.6 Å². The summed E-state index contributed by atoms with van der Waals surface area (Å²) >= 11 is 18.0. The van der Waals surface area contributed by atoms with E-state index in [-0.39, 0.29) is 84.7 Å². The number of aliphatic hydroxyl groups is 2. The lowest BCUT2D eigenvalue weighted by Gasteiger charge is -2.42. The molecule has 31 heteroatoms. The summed E-state index contributed by atoms with van der Waals surface area (Å²) in [5.74, 6) is -3.08. The molecule has 2 aromatic carbocycles. The fourth-order valence-electron chi connectivity index (χ4n) is 13.9. The maximum Gasteiger partial charge on any atom is 0.409 e. The molecule has 616 valence electrons. The average Bonchev–Trinajstić information content (AvgIpc) is 1.58. The van der Waals surface area contributed by atoms with Gasteiger partial charge in [0.2, 0.25) is 23.6 Å². The Morgan fingerprint density at radius 2 is 1.03 bits per heavy atom. The molecule has 6 aliphatic heterocycles. The summed E-state index contributed by atoms with van der Waals surface area (Å²) in [6.45, 7) is 22.0. The Morgan fingerprint density at radius 1 is 0.664 bits per heavy atom. The number of amides is 6. The van der Waals surface area contributed by atoms with Crippen LogP contribution in [0.15, 0.2) is 71.9 Å². The molecule has 4 N–H and O–H groups in total. The number of fused-ring (bicyclic) bond motifs is 10. The Kier molecular flexibility index (Phi) is 33.2. The van der Waals surface area contributed by atoms with Crippen molar-refractivity contribution in [1.29, 1.82) is 0 Å². The first-order valence-corrected chi connectivity index (χ1v) is 39.7. The predicted octanol–water partition coefficient (Wildman–Crippen LogP) is 12.4. The van der Waals surface area contributed by atoms with Crippen molar-refractivity contribution in [3.63, 3.8) is 0 Å². The highest BCUT2D eigenvalue weighted by molar-refractivity contribution is 8.76. The average molecular weight is 1640 g/mol. The van der Waals surface area contributed by atoms with E-state index in [0.717, 1.165) is 22.3 Å². The number of benzene rings is 2. The van der Waals surface area contributed by atoms with Gasteiger partial charge in [-0.3, -0.25) is 29.8 Å². The summed E-state index contributed by atoms with van der Waals surface area (Å²) in [4.78, 5) is 113. The number of carbonyl (C=O) groups excluding carboxylic acids is 8. The quantitative estimate of drug-likeness (QED) is 0.0304. The van der Waals surface area contributed by atoms with E-state index in [2.05, 4.69) is 37.1 Å². The van der Waals surface area contributed by atoms with Crippen molar-refractivity contribution in [2.75, 3.05) is 72.7 Å². The van der Waals surface area contributed by atoms with E-state index in [1.807, 2.05) is 53.0 Å². The smallest absolute Gasteiger partial charge is 0.409 e. The molecular weight excluding hydrogens is 1520 g/mol. The molecule has 4 saturated heterocycles. The zero-order valence-electron chi connectivity index (χ0n) is 65.8. The number of ether oxygens (including phenoxy) is 10. The van der Waals surface area contributed by atoms with Crippen molar-refractivity contribution in [2.45, 2.75) is 255 Å². The van der Waals surface area contributed by atoms with Crippen LogP contribution in [0.2, 0.25) is 10.0 Å². The molecule has 2 aromatic rings. The second-order valence-electron chi connectivity index (χ2n) is 30.6. The molecule has 0 aromatic heterocycles. The van der Waals surface area contributed by atoms with Gasteiger partial charge in [-0.25, -0.2) is 19.2 Å². The SMILES string of the molecule is C.C.COc1cc2cc(c1Cl)N(C)C(=O)C[C@H](OC(=O)[C@H](C)N(C)C(=O)CCC(C)(C)S)[C@]1(C)O[C@H]1C(C)[C@@H]1C[C@@](O)(NC(=O)O1)[C@H](OC)/C=C/C=C(\C)C2.COc1cc2cc(c1Cl)N(C)C(=O)C[C@H](OC(=O)[C@H](C)N(C)C(=O)CCC(C)(C)SSC)[C@]1(C)O[C@H]1C(C)[C@@H]1C[C@@](O)(NC(=O)O1)[C@H](OC)/C=C/C=C(\C)C2. The van der Waals surface area contributed by atoms with Gasteiger partial charge in [0.25, 0.3) is 0 Å². The molecule has 6 aliphatic rings. The van der Waals surface area contributed by atoms with E-state index in [1.54, 1.807) is 126 Å². The van der Waals surface area contributed by atoms with Crippen LogP contribution in [-0.2, 0) is 79.5 Å². The number of methoxy groups -OCH3 is 4. The van der Waals surface area contributed by atoms with E-state index >= 15 is 0 Å². The zero-order chi connectivity index (χ0) is 80.7. The highest BCUT2D eigenvalue weighted by Crippen LogP contribution is 2.52. The highest BCUT2D eigenvalue weighted by Gasteiger charge is 2.66. The lowest BCUT2D eigenvalue weighted by atomic mass is 9.83. The Labute approximate surface area is 673 Å². The van der Waals surface area contributed by atoms with Gasteiger partial charge >= 0.3 is 24.1 Å². The molecule has 110 heavy (non-hydrogen) atoms. The van der Waals surface area contributed by atoms with Crippen LogP contribution in [0.4, 0.5) is 21.0 Å². The second-order valence-corrected chi connectivity index (χ2v) is 35.7. The third kappa shape index (κ3) is 23.0. The van der Waals surface area contributed by atoms with Crippen LogP contribution in [0.5, 0.6) is 11.5 Å². The van der Waals surface area contributed by atoms with Crippen LogP contribution < -0.4 is 29.9 Å². The standard InChI is InChI=1S/C39H56ClN3O10S2.C38H54ClN3O10S.2CH4/c1-22-13-12-14-29(50-10)39(48)21-28(51-36(47)41-39)23(2)34-38(6,53-34)30(20-32(45)43(8)26-18-25(17-22)19-27(49-9)33(26)40)52-35(46)24(3)42(7)31(44)15-16-37(4,5)55-54-11;1-21-12-11-13-28(49-10)38(47)20-27(50-35(46)40-38)22(2)33-37(6,52-33)29(51-34(45)23(3)41(7)30(43)14-15-36(4,5)53)19-31(44)42(8)25-17-24(16-21)18-26(48-9)32(25)39;;/h12-14,18-19,23-24,28-30,34,48H,15-17,20-21H2,1-11H3,(H,41,47);11-13,17-18,22-23,27-29,33,47,53H,14-16,19-20H2,1-10H3,(H,40,46);2*1H4/b14-12+,22-13+;13-11+,21-12+;;/t23?,24-,28-,29+,30-,34-,38-,39-;22?,23-,27-,28+,29-,33-,37-,38-;;/m00../s1. The van der Waals surface area contributed by atoms with E-state index in [0.29, 0.717) is 48.6 Å². The third-order valence-corrected chi connectivity index (χ3v) is 24.9. The number of thiol groups is 1. The number of hydrogen-bond donors (Lipinski definition) is 5. The molecule has 0 spiro atoms. The minimum absolute atomic E-state index is 0. The Bertz CT molecular complexity index is 3780. The number of carbonyl (C=O) groups is 8. The number of halogens is 2. The van der Waals surface area contributed by atoms with Gasteiger partial charge < -0.3 is 77.2 Å². The minimum Gasteiger partial charge on any atom is -0.495 e. The predicted molar refractivity (Wildman–Crippen MR) is 432 cm³/mol. The molecule has 26 nitrogen and oxygen atoms in total. The van der Waals surface area contributed by atoms with Gasteiger partial charge in [0.1, 0.15) is 81.5 Å². The fourth-order valence-corrected chi connectivity index (χ4v) is 16.9. The monoisotopic (exact) mass is 1640 g/mol. The first-order chi connectivity index (χ1) is 50.3. The zero-order valence-corrected chi connectivity index (χ0v) is 69.9. The summed E-state index contributed by atoms with van der Waals surface area (Å²) in [5, 5.41) is 29.0. The molecule has 6 amide bonds. The van der Waals surface area contributed by atoms with Crippen LogP contribution in [0, 0.1) is 11.8 Å². The molecule has 6 heterocycles. The van der Waals surface area contributed by atoms with Gasteiger partial charge in [0.15, 0.2) is 11.4 Å². The molecule has 16 atom stereocenters. The summed E-state index contributed by atoms with van der Waals surface area (Å²) in [5.41, 5.74) is -1.82. The molecule has 4 fully saturated rings. The van der Waals surface area contributed by atoms with Crippen molar-refractivity contribution in [2.24, 2.45) is 11.8 Å². The summed E-state index contributed by atoms with van der Waals surface area (Å²) in [6, 6.07) is 5.22. The van der Waals surface area contributed by atoms with Gasteiger partial charge in [0, 0.05) is 89.4 Å². The van der Waals surface area contributed by atoms with E-state index < -0.39 is 131 Å². The number of anilines is 2. The summed E-state index contributed by atoms with van der Waals surface area (Å²) in [6.07, 6.45) is 5.42. The number of epoxide rings is 2. The van der Waals surface area contributed by atoms with Gasteiger partial charge in [-0.1, -0.05) is 135 Å². The van der Waals surface area contributed by atoms with Crippen molar-refractivity contribution in [3.8, 4) is 11.5 Å². The Morgan fingerprint density at radius 3 is 1.36 bits per heavy atom. The molecule has 0 saturated carbocycles. The maximum absolute atomic E-state index is 14.2. The van der Waals surface area contributed by atoms with Crippen molar-refractivity contribution >= 4 is 117 Å². The molecular formula is C79H118Cl2N6O20S3. The van der Waals surface area contributed by atoms with E-state index in [1.165, 1.54) is 55.1 Å². The second kappa shape index (κ2) is 38.7. The number of rotatable bonds is 18. The van der Waals surface area contributed by atoms with Crippen LogP contribution in [0.1, 0.15) is 160 Å².